The number of benzene rings is 1. The number of carbonyl (C=O) groups is 1. The quantitative estimate of drug-likeness (QED) is 0.377. The third-order valence-corrected chi connectivity index (χ3v) is 5.76. The molecule has 2 fully saturated rings. The molecule has 144 valence electrons. The van der Waals surface area contributed by atoms with E-state index in [-0.39, 0.29) is 5.91 Å². The van der Waals surface area contributed by atoms with Crippen molar-refractivity contribution in [2.75, 3.05) is 46.0 Å². The summed E-state index contributed by atoms with van der Waals surface area (Å²) in [5.74, 6) is 0.779. The van der Waals surface area contributed by atoms with Crippen LogP contribution < -0.4 is 4.74 Å². The second-order valence-electron chi connectivity index (χ2n) is 6.31. The van der Waals surface area contributed by atoms with E-state index >= 15 is 0 Å². The minimum absolute atomic E-state index is 0.000962. The third-order valence-electron chi connectivity index (χ3n) is 4.38. The molecule has 1 aromatic rings. The Hall–Kier alpha value is -1.67. The van der Waals surface area contributed by atoms with E-state index in [2.05, 4.69) is 11.5 Å². The van der Waals surface area contributed by atoms with Gasteiger partial charge in [-0.1, -0.05) is 48.8 Å². The summed E-state index contributed by atoms with van der Waals surface area (Å²) in [4.78, 5) is 17.4. The molecule has 0 spiro atoms. The van der Waals surface area contributed by atoms with Crippen LogP contribution in [-0.2, 0) is 9.53 Å². The summed E-state index contributed by atoms with van der Waals surface area (Å²) in [7, 11) is 0. The maximum atomic E-state index is 12.7. The zero-order valence-corrected chi connectivity index (χ0v) is 16.9. The molecule has 3 rings (SSSR count). The Labute approximate surface area is 170 Å². The van der Waals surface area contributed by atoms with Crippen molar-refractivity contribution < 1.29 is 14.3 Å². The second kappa shape index (κ2) is 10.0. The van der Waals surface area contributed by atoms with E-state index < -0.39 is 0 Å². The van der Waals surface area contributed by atoms with Crippen LogP contribution in [-0.4, -0.2) is 66.0 Å². The van der Waals surface area contributed by atoms with Gasteiger partial charge in [-0.25, -0.2) is 0 Å². The van der Waals surface area contributed by atoms with Crippen LogP contribution in [0.4, 0.5) is 0 Å². The summed E-state index contributed by atoms with van der Waals surface area (Å²) in [5.41, 5.74) is 0.953. The lowest BCUT2D eigenvalue weighted by atomic mass is 10.2. The number of nitrogens with zero attached hydrogens (tertiary/aromatic N) is 2. The Bertz CT molecular complexity index is 712. The van der Waals surface area contributed by atoms with Crippen molar-refractivity contribution in [1.82, 2.24) is 9.80 Å². The van der Waals surface area contributed by atoms with Crippen molar-refractivity contribution in [2.24, 2.45) is 0 Å². The predicted octanol–water partition coefficient (Wildman–Crippen LogP) is 3.17. The van der Waals surface area contributed by atoms with E-state index in [1.54, 1.807) is 11.0 Å². The van der Waals surface area contributed by atoms with Gasteiger partial charge < -0.3 is 9.47 Å². The summed E-state index contributed by atoms with van der Waals surface area (Å²) in [5, 5.41) is 0. The average Bonchev–Trinajstić information content (AvgIpc) is 2.95. The van der Waals surface area contributed by atoms with Gasteiger partial charge in [0.15, 0.2) is 0 Å². The molecule has 0 radical (unpaired) electrons. The zero-order valence-electron chi connectivity index (χ0n) is 15.3. The lowest BCUT2D eigenvalue weighted by Crippen LogP contribution is -2.38. The highest BCUT2D eigenvalue weighted by Crippen LogP contribution is 2.32. The summed E-state index contributed by atoms with van der Waals surface area (Å²) in [6.45, 7) is 9.24. The first-order valence-corrected chi connectivity index (χ1v) is 10.3. The molecule has 2 aliphatic rings. The molecule has 0 aromatic heterocycles. The number of thioether (sulfide) groups is 1. The second-order valence-corrected chi connectivity index (χ2v) is 7.99. The molecule has 0 bridgehead atoms. The molecule has 7 heteroatoms. The number of ether oxygens (including phenoxy) is 2. The van der Waals surface area contributed by atoms with E-state index in [9.17, 15) is 4.79 Å². The van der Waals surface area contributed by atoms with Crippen LogP contribution in [0.1, 0.15) is 12.0 Å². The number of amides is 1. The molecule has 2 heterocycles. The predicted molar refractivity (Wildman–Crippen MR) is 114 cm³/mol. The van der Waals surface area contributed by atoms with Crippen LogP contribution >= 0.6 is 24.0 Å². The molecule has 0 unspecified atom stereocenters. The van der Waals surface area contributed by atoms with Crippen LogP contribution in [0.5, 0.6) is 5.75 Å². The molecule has 0 saturated carbocycles. The van der Waals surface area contributed by atoms with Gasteiger partial charge in [0.1, 0.15) is 16.7 Å². The van der Waals surface area contributed by atoms with E-state index in [0.717, 1.165) is 50.6 Å². The number of hydrogen-bond acceptors (Lipinski definition) is 6. The average molecular weight is 405 g/mol. The highest BCUT2D eigenvalue weighted by molar-refractivity contribution is 8.26. The lowest BCUT2D eigenvalue weighted by Gasteiger charge is -2.27. The topological polar surface area (TPSA) is 42.0 Å². The van der Waals surface area contributed by atoms with Crippen molar-refractivity contribution >= 4 is 40.3 Å². The van der Waals surface area contributed by atoms with Gasteiger partial charge in [-0.05, 0) is 30.2 Å². The van der Waals surface area contributed by atoms with Crippen LogP contribution in [0.15, 0.2) is 41.8 Å². The number of carbonyl (C=O) groups excluding carboxylic acids is 1. The molecule has 0 aliphatic carbocycles. The minimum Gasteiger partial charge on any atom is -0.490 e. The number of thiocarbonyl (C=S) groups is 1. The fraction of sp³-hybridized carbons (Fsp3) is 0.400. The normalized spacial score (nSPS) is 19.7. The molecular weight excluding hydrogens is 380 g/mol. The maximum absolute atomic E-state index is 12.7. The zero-order chi connectivity index (χ0) is 19.1. The minimum atomic E-state index is -0.000962. The molecule has 2 saturated heterocycles. The van der Waals surface area contributed by atoms with E-state index in [0.29, 0.717) is 22.4 Å². The number of rotatable bonds is 8. The first-order valence-electron chi connectivity index (χ1n) is 9.06. The summed E-state index contributed by atoms with van der Waals surface area (Å²) >= 11 is 6.79. The van der Waals surface area contributed by atoms with Crippen LogP contribution in [0, 0.1) is 0 Å². The molecule has 0 N–H and O–H groups in total. The Morgan fingerprint density at radius 1 is 1.22 bits per heavy atom. The standard InChI is InChI=1S/C20H24N2O3S2/c1-2-12-25-17-6-4-16(5-7-17)15-18-19(23)22(20(26)27-18)9-3-8-21-10-13-24-14-11-21/h2,4-7,15H,1,3,8-14H2/b18-15+. The SMILES string of the molecule is C=CCOc1ccc(/C=C2/SC(=S)N(CCCN3CCOCC3)C2=O)cc1. The van der Waals surface area contributed by atoms with Gasteiger partial charge in [-0.2, -0.15) is 0 Å². The van der Waals surface area contributed by atoms with Crippen LogP contribution in [0.3, 0.4) is 0 Å². The molecule has 27 heavy (non-hydrogen) atoms. The van der Waals surface area contributed by atoms with Gasteiger partial charge in [0.05, 0.1) is 18.1 Å². The Balaban J connectivity index is 1.54. The molecule has 5 nitrogen and oxygen atoms in total. The first kappa shape index (κ1) is 20.1. The van der Waals surface area contributed by atoms with Crippen LogP contribution in [0.25, 0.3) is 6.08 Å². The van der Waals surface area contributed by atoms with Crippen molar-refractivity contribution in [1.29, 1.82) is 0 Å². The number of hydrogen-bond donors (Lipinski definition) is 0. The molecular formula is C20H24N2O3S2. The van der Waals surface area contributed by atoms with Crippen LogP contribution in [0.2, 0.25) is 0 Å². The van der Waals surface area contributed by atoms with Gasteiger partial charge in [-0.3, -0.25) is 14.6 Å². The Morgan fingerprint density at radius 2 is 1.96 bits per heavy atom. The summed E-state index contributed by atoms with van der Waals surface area (Å²) < 4.78 is 11.5. The maximum Gasteiger partial charge on any atom is 0.266 e. The molecule has 2 aliphatic heterocycles. The van der Waals surface area contributed by atoms with Gasteiger partial charge in [-0.15, -0.1) is 0 Å². The van der Waals surface area contributed by atoms with Crippen molar-refractivity contribution in [3.8, 4) is 5.75 Å². The molecule has 0 atom stereocenters. The summed E-state index contributed by atoms with van der Waals surface area (Å²) in [6.07, 6.45) is 4.51. The first-order chi connectivity index (χ1) is 13.2. The monoisotopic (exact) mass is 404 g/mol. The number of morpholine rings is 1. The highest BCUT2D eigenvalue weighted by atomic mass is 32.2. The smallest absolute Gasteiger partial charge is 0.266 e. The Kier molecular flexibility index (Phi) is 7.46. The third kappa shape index (κ3) is 5.65. The van der Waals surface area contributed by atoms with Gasteiger partial charge in [0.2, 0.25) is 0 Å². The fourth-order valence-electron chi connectivity index (χ4n) is 2.94. The van der Waals surface area contributed by atoms with Gasteiger partial charge >= 0.3 is 0 Å². The van der Waals surface area contributed by atoms with E-state index in [1.807, 2.05) is 30.3 Å². The Morgan fingerprint density at radius 3 is 2.67 bits per heavy atom. The van der Waals surface area contributed by atoms with Crippen molar-refractivity contribution in [2.45, 2.75) is 6.42 Å². The largest absolute Gasteiger partial charge is 0.490 e. The summed E-state index contributed by atoms with van der Waals surface area (Å²) in [6, 6.07) is 7.64. The van der Waals surface area contributed by atoms with E-state index in [1.165, 1.54) is 11.8 Å². The fourth-order valence-corrected chi connectivity index (χ4v) is 4.25. The highest BCUT2D eigenvalue weighted by Gasteiger charge is 2.31. The van der Waals surface area contributed by atoms with Gasteiger partial charge in [0.25, 0.3) is 5.91 Å². The van der Waals surface area contributed by atoms with Gasteiger partial charge in [0, 0.05) is 26.2 Å². The lowest BCUT2D eigenvalue weighted by molar-refractivity contribution is -0.122. The van der Waals surface area contributed by atoms with Crippen molar-refractivity contribution in [3.63, 3.8) is 0 Å². The van der Waals surface area contributed by atoms with Crippen molar-refractivity contribution in [3.05, 3.63) is 47.4 Å². The van der Waals surface area contributed by atoms with E-state index in [4.69, 9.17) is 21.7 Å². The molecule has 1 amide bonds. The molecule has 1 aromatic carbocycles.